The fraction of sp³-hybridized carbons (Fsp3) is 0.438. The highest BCUT2D eigenvalue weighted by Crippen LogP contribution is 2.16. The van der Waals surface area contributed by atoms with Crippen LogP contribution in [-0.2, 0) is 17.6 Å². The van der Waals surface area contributed by atoms with Gasteiger partial charge in [0.2, 0.25) is 5.91 Å². The fourth-order valence-electron chi connectivity index (χ4n) is 2.62. The van der Waals surface area contributed by atoms with Gasteiger partial charge in [0.15, 0.2) is 0 Å². The summed E-state index contributed by atoms with van der Waals surface area (Å²) in [5.41, 5.74) is 4.32. The average Bonchev–Trinajstić information content (AvgIpc) is 2.84. The van der Waals surface area contributed by atoms with Crippen molar-refractivity contribution in [3.63, 3.8) is 0 Å². The lowest BCUT2D eigenvalue weighted by Gasteiger charge is -2.11. The third-order valence-corrected chi connectivity index (χ3v) is 3.64. The minimum Gasteiger partial charge on any atom is -0.356 e. The molecule has 2 rings (SSSR count). The Labute approximate surface area is 129 Å². The highest BCUT2D eigenvalue weighted by Gasteiger charge is 2.09. The summed E-state index contributed by atoms with van der Waals surface area (Å²) in [7, 11) is 0. The molecular formula is C16H22N4O2. The molecule has 1 heterocycles. The number of hydrogen-bond acceptors (Lipinski definition) is 3. The SMILES string of the molecule is Cc1cc(C)c(CC(=O)NCCCc2n[nH]c(=O)[nH]2)c(C)c1. The van der Waals surface area contributed by atoms with Crippen molar-refractivity contribution in [1.82, 2.24) is 20.5 Å². The number of hydrogen-bond donors (Lipinski definition) is 3. The molecule has 118 valence electrons. The number of aryl methyl sites for hydroxylation is 4. The zero-order chi connectivity index (χ0) is 16.1. The molecule has 0 unspecified atom stereocenters. The number of carbonyl (C=O) groups is 1. The third-order valence-electron chi connectivity index (χ3n) is 3.64. The van der Waals surface area contributed by atoms with Gasteiger partial charge in [-0.25, -0.2) is 9.89 Å². The van der Waals surface area contributed by atoms with E-state index in [0.717, 1.165) is 23.1 Å². The Kier molecular flexibility index (Phi) is 5.14. The summed E-state index contributed by atoms with van der Waals surface area (Å²) >= 11 is 0. The molecule has 6 nitrogen and oxygen atoms in total. The Morgan fingerprint density at radius 2 is 1.91 bits per heavy atom. The Morgan fingerprint density at radius 3 is 2.50 bits per heavy atom. The van der Waals surface area contributed by atoms with Gasteiger partial charge >= 0.3 is 5.69 Å². The number of nitrogens with one attached hydrogen (secondary N) is 3. The topological polar surface area (TPSA) is 90.6 Å². The smallest absolute Gasteiger partial charge is 0.340 e. The minimum absolute atomic E-state index is 0.0191. The van der Waals surface area contributed by atoms with Gasteiger partial charge in [-0.3, -0.25) is 9.78 Å². The van der Waals surface area contributed by atoms with Crippen LogP contribution in [0.4, 0.5) is 0 Å². The van der Waals surface area contributed by atoms with E-state index in [0.29, 0.717) is 25.2 Å². The number of amides is 1. The molecule has 0 fully saturated rings. The van der Waals surface area contributed by atoms with Crippen LogP contribution >= 0.6 is 0 Å². The predicted molar refractivity (Wildman–Crippen MR) is 84.9 cm³/mol. The van der Waals surface area contributed by atoms with E-state index in [-0.39, 0.29) is 11.6 Å². The van der Waals surface area contributed by atoms with Crippen molar-refractivity contribution in [1.29, 1.82) is 0 Å². The van der Waals surface area contributed by atoms with Crippen LogP contribution in [0.5, 0.6) is 0 Å². The number of H-pyrrole nitrogens is 2. The number of aromatic nitrogens is 3. The second-order valence-corrected chi connectivity index (χ2v) is 5.63. The molecule has 22 heavy (non-hydrogen) atoms. The fourth-order valence-corrected chi connectivity index (χ4v) is 2.62. The van der Waals surface area contributed by atoms with Gasteiger partial charge in [0.05, 0.1) is 6.42 Å². The number of rotatable bonds is 6. The lowest BCUT2D eigenvalue weighted by Crippen LogP contribution is -2.27. The van der Waals surface area contributed by atoms with Crippen molar-refractivity contribution in [3.8, 4) is 0 Å². The van der Waals surface area contributed by atoms with Crippen molar-refractivity contribution in [2.24, 2.45) is 0 Å². The van der Waals surface area contributed by atoms with E-state index >= 15 is 0 Å². The van der Waals surface area contributed by atoms with Crippen molar-refractivity contribution in [2.75, 3.05) is 6.54 Å². The molecule has 0 aliphatic rings. The maximum atomic E-state index is 12.0. The molecule has 0 aliphatic carbocycles. The zero-order valence-electron chi connectivity index (χ0n) is 13.2. The summed E-state index contributed by atoms with van der Waals surface area (Å²) in [6, 6.07) is 4.20. The van der Waals surface area contributed by atoms with Crippen LogP contribution in [0, 0.1) is 20.8 Å². The first-order chi connectivity index (χ1) is 10.5. The Bertz CT molecular complexity index is 692. The summed E-state index contributed by atoms with van der Waals surface area (Å²) < 4.78 is 0. The van der Waals surface area contributed by atoms with E-state index in [1.165, 1.54) is 5.56 Å². The Hall–Kier alpha value is -2.37. The first kappa shape index (κ1) is 16.0. The van der Waals surface area contributed by atoms with Gasteiger partial charge in [0.25, 0.3) is 0 Å². The molecular weight excluding hydrogens is 280 g/mol. The molecule has 0 saturated heterocycles. The molecule has 1 amide bonds. The van der Waals surface area contributed by atoms with Crippen LogP contribution in [0.25, 0.3) is 0 Å². The van der Waals surface area contributed by atoms with Crippen LogP contribution in [0.15, 0.2) is 16.9 Å². The van der Waals surface area contributed by atoms with Crippen LogP contribution in [-0.4, -0.2) is 27.6 Å². The van der Waals surface area contributed by atoms with Gasteiger partial charge in [-0.2, -0.15) is 5.10 Å². The largest absolute Gasteiger partial charge is 0.356 e. The highest BCUT2D eigenvalue weighted by atomic mass is 16.2. The maximum Gasteiger partial charge on any atom is 0.340 e. The molecule has 0 aliphatic heterocycles. The number of carbonyl (C=O) groups excluding carboxylic acids is 1. The third kappa shape index (κ3) is 4.31. The van der Waals surface area contributed by atoms with E-state index in [1.807, 2.05) is 13.8 Å². The molecule has 1 aromatic carbocycles. The van der Waals surface area contributed by atoms with E-state index in [2.05, 4.69) is 39.6 Å². The molecule has 0 spiro atoms. The first-order valence-corrected chi connectivity index (χ1v) is 7.42. The van der Waals surface area contributed by atoms with E-state index < -0.39 is 0 Å². The van der Waals surface area contributed by atoms with Gasteiger partial charge < -0.3 is 5.32 Å². The van der Waals surface area contributed by atoms with Gasteiger partial charge in [-0.1, -0.05) is 17.7 Å². The standard InChI is InChI=1S/C16H22N4O2/c1-10-7-11(2)13(12(3)8-10)9-15(21)17-6-4-5-14-18-16(22)20-19-14/h7-8H,4-6,9H2,1-3H3,(H,17,21)(H2,18,19,20,22). The van der Waals surface area contributed by atoms with Gasteiger partial charge in [-0.15, -0.1) is 0 Å². The predicted octanol–water partition coefficient (Wildman–Crippen LogP) is 1.31. The molecule has 2 aromatic rings. The number of benzene rings is 1. The van der Waals surface area contributed by atoms with E-state index in [1.54, 1.807) is 0 Å². The summed E-state index contributed by atoms with van der Waals surface area (Å²) in [4.78, 5) is 25.5. The highest BCUT2D eigenvalue weighted by molar-refractivity contribution is 5.79. The lowest BCUT2D eigenvalue weighted by molar-refractivity contribution is -0.120. The summed E-state index contributed by atoms with van der Waals surface area (Å²) in [6.45, 7) is 6.70. The Morgan fingerprint density at radius 1 is 1.23 bits per heavy atom. The number of nitrogens with zero attached hydrogens (tertiary/aromatic N) is 1. The summed E-state index contributed by atoms with van der Waals surface area (Å²) in [5, 5.41) is 9.05. The molecule has 3 N–H and O–H groups in total. The van der Waals surface area contributed by atoms with Crippen molar-refractivity contribution in [3.05, 3.63) is 50.7 Å². The summed E-state index contributed by atoms with van der Waals surface area (Å²) in [5.74, 6) is 0.634. The molecule has 6 heteroatoms. The van der Waals surface area contributed by atoms with Crippen molar-refractivity contribution in [2.45, 2.75) is 40.0 Å². The quantitative estimate of drug-likeness (QED) is 0.703. The molecule has 1 aromatic heterocycles. The second-order valence-electron chi connectivity index (χ2n) is 5.63. The Balaban J connectivity index is 1.80. The average molecular weight is 302 g/mol. The molecule has 0 atom stereocenters. The zero-order valence-corrected chi connectivity index (χ0v) is 13.2. The van der Waals surface area contributed by atoms with Gasteiger partial charge in [0.1, 0.15) is 5.82 Å². The first-order valence-electron chi connectivity index (χ1n) is 7.42. The van der Waals surface area contributed by atoms with Crippen molar-refractivity contribution >= 4 is 5.91 Å². The van der Waals surface area contributed by atoms with Crippen LogP contribution in [0.1, 0.15) is 34.5 Å². The molecule has 0 radical (unpaired) electrons. The molecule has 0 saturated carbocycles. The van der Waals surface area contributed by atoms with Crippen LogP contribution in [0.2, 0.25) is 0 Å². The van der Waals surface area contributed by atoms with E-state index in [4.69, 9.17) is 0 Å². The maximum absolute atomic E-state index is 12.0. The minimum atomic E-state index is -0.302. The van der Waals surface area contributed by atoms with Gasteiger partial charge in [-0.05, 0) is 43.9 Å². The normalized spacial score (nSPS) is 10.7. The van der Waals surface area contributed by atoms with Crippen LogP contribution in [0.3, 0.4) is 0 Å². The van der Waals surface area contributed by atoms with Crippen molar-refractivity contribution < 1.29 is 4.79 Å². The number of aromatic amines is 2. The monoisotopic (exact) mass is 302 g/mol. The summed E-state index contributed by atoms with van der Waals surface area (Å²) in [6.07, 6.45) is 1.76. The van der Waals surface area contributed by atoms with Crippen LogP contribution < -0.4 is 11.0 Å². The van der Waals surface area contributed by atoms with Gasteiger partial charge in [0, 0.05) is 13.0 Å². The lowest BCUT2D eigenvalue weighted by atomic mass is 9.97. The van der Waals surface area contributed by atoms with E-state index in [9.17, 15) is 9.59 Å². The molecule has 0 bridgehead atoms. The second kappa shape index (κ2) is 7.06.